The topological polar surface area (TPSA) is 93.5 Å². The molecule has 1 aliphatic heterocycles. The molecule has 2 amide bonds. The molecule has 1 saturated heterocycles. The standard InChI is InChI=1S/C36H40ClN5O3/c1-24(43)42(21-26-7-3-6-10-35(26)45-2)22-29(17-27-19-38-33-9-5-4-8-30(27)33)40-36(44)23-41-15-13-25(14-16-41)32-20-39-34-12-11-28(37)18-31(32)34/h3-12,18-20,25,29,38-39H,13-17,21-23H2,1-2H3,(H,40,44)/t29-/m1/s1. The molecule has 0 aliphatic carbocycles. The highest BCUT2D eigenvalue weighted by Gasteiger charge is 2.26. The number of hydrogen-bond acceptors (Lipinski definition) is 4. The van der Waals surface area contributed by atoms with Crippen molar-refractivity contribution in [3.05, 3.63) is 101 Å². The molecule has 2 aromatic heterocycles. The van der Waals surface area contributed by atoms with E-state index in [9.17, 15) is 9.59 Å². The Labute approximate surface area is 268 Å². The average molecular weight is 626 g/mol. The van der Waals surface area contributed by atoms with Crippen LogP contribution in [-0.2, 0) is 22.6 Å². The Balaban J connectivity index is 1.13. The number of aromatic amines is 2. The minimum Gasteiger partial charge on any atom is -0.496 e. The van der Waals surface area contributed by atoms with Crippen LogP contribution in [0.5, 0.6) is 5.75 Å². The van der Waals surface area contributed by atoms with Crippen LogP contribution in [0.25, 0.3) is 21.8 Å². The van der Waals surface area contributed by atoms with Crippen LogP contribution in [0, 0.1) is 0 Å². The monoisotopic (exact) mass is 625 g/mol. The molecule has 0 radical (unpaired) electrons. The van der Waals surface area contributed by atoms with E-state index in [0.29, 0.717) is 32.0 Å². The Morgan fingerprint density at radius 2 is 1.71 bits per heavy atom. The van der Waals surface area contributed by atoms with Gasteiger partial charge in [0, 0.05) is 64.8 Å². The fourth-order valence-electron chi connectivity index (χ4n) is 6.67. The van der Waals surface area contributed by atoms with Crippen LogP contribution in [0.1, 0.15) is 42.4 Å². The lowest BCUT2D eigenvalue weighted by molar-refractivity contribution is -0.131. The minimum atomic E-state index is -0.274. The van der Waals surface area contributed by atoms with Gasteiger partial charge in [0.25, 0.3) is 0 Å². The van der Waals surface area contributed by atoms with Crippen molar-refractivity contribution in [1.82, 2.24) is 25.1 Å². The predicted molar refractivity (Wildman–Crippen MR) is 180 cm³/mol. The van der Waals surface area contributed by atoms with Crippen molar-refractivity contribution in [3.63, 3.8) is 0 Å². The van der Waals surface area contributed by atoms with Gasteiger partial charge in [-0.1, -0.05) is 48.0 Å². The highest BCUT2D eigenvalue weighted by atomic mass is 35.5. The van der Waals surface area contributed by atoms with Gasteiger partial charge < -0.3 is 24.9 Å². The van der Waals surface area contributed by atoms with Gasteiger partial charge in [-0.05, 0) is 79.7 Å². The van der Waals surface area contributed by atoms with E-state index >= 15 is 0 Å². The number of halogens is 1. The van der Waals surface area contributed by atoms with Gasteiger partial charge in [-0.2, -0.15) is 0 Å². The second kappa shape index (κ2) is 13.8. The molecular weight excluding hydrogens is 586 g/mol. The van der Waals surface area contributed by atoms with Crippen molar-refractivity contribution in [2.45, 2.75) is 44.7 Å². The largest absolute Gasteiger partial charge is 0.496 e. The lowest BCUT2D eigenvalue weighted by Crippen LogP contribution is -2.49. The zero-order valence-corrected chi connectivity index (χ0v) is 26.6. The third-order valence-corrected chi connectivity index (χ3v) is 9.25. The van der Waals surface area contributed by atoms with Gasteiger partial charge in [-0.25, -0.2) is 0 Å². The van der Waals surface area contributed by atoms with Gasteiger partial charge in [-0.15, -0.1) is 0 Å². The summed E-state index contributed by atoms with van der Waals surface area (Å²) in [6.45, 7) is 4.35. The summed E-state index contributed by atoms with van der Waals surface area (Å²) in [5.41, 5.74) is 5.48. The molecule has 3 N–H and O–H groups in total. The molecule has 3 aromatic carbocycles. The number of aromatic nitrogens is 2. The fourth-order valence-corrected chi connectivity index (χ4v) is 6.84. The molecule has 234 valence electrons. The van der Waals surface area contributed by atoms with E-state index in [0.717, 1.165) is 64.2 Å². The quantitative estimate of drug-likeness (QED) is 0.161. The van der Waals surface area contributed by atoms with Crippen LogP contribution in [-0.4, -0.2) is 70.9 Å². The summed E-state index contributed by atoms with van der Waals surface area (Å²) in [5.74, 6) is 1.07. The van der Waals surface area contributed by atoms with E-state index < -0.39 is 0 Å². The second-order valence-electron chi connectivity index (χ2n) is 12.0. The lowest BCUT2D eigenvalue weighted by atomic mass is 9.89. The number of H-pyrrole nitrogens is 2. The number of benzene rings is 3. The first-order chi connectivity index (χ1) is 21.9. The number of nitrogens with zero attached hydrogens (tertiary/aromatic N) is 2. The molecule has 45 heavy (non-hydrogen) atoms. The van der Waals surface area contributed by atoms with Crippen LogP contribution in [0.3, 0.4) is 0 Å². The molecule has 5 aromatic rings. The Kier molecular flexibility index (Phi) is 9.42. The first-order valence-corrected chi connectivity index (χ1v) is 16.0. The van der Waals surface area contributed by atoms with E-state index in [1.807, 2.05) is 66.9 Å². The van der Waals surface area contributed by atoms with Crippen LogP contribution in [0.15, 0.2) is 79.1 Å². The van der Waals surface area contributed by atoms with Gasteiger partial charge >= 0.3 is 0 Å². The Bertz CT molecular complexity index is 1790. The Morgan fingerprint density at radius 1 is 0.978 bits per heavy atom. The average Bonchev–Trinajstić information content (AvgIpc) is 3.65. The van der Waals surface area contributed by atoms with Crippen LogP contribution in [0.2, 0.25) is 5.02 Å². The highest BCUT2D eigenvalue weighted by Crippen LogP contribution is 2.34. The number of methoxy groups -OCH3 is 1. The number of ether oxygens (including phenoxy) is 1. The highest BCUT2D eigenvalue weighted by molar-refractivity contribution is 6.31. The van der Waals surface area contributed by atoms with E-state index in [4.69, 9.17) is 16.3 Å². The number of carbonyl (C=O) groups is 2. The molecule has 1 atom stereocenters. The van der Waals surface area contributed by atoms with Gasteiger partial charge in [0.2, 0.25) is 11.8 Å². The number of piperidine rings is 1. The normalized spacial score (nSPS) is 14.9. The number of para-hydroxylation sites is 2. The third kappa shape index (κ3) is 7.18. The first-order valence-electron chi connectivity index (χ1n) is 15.6. The number of rotatable bonds is 11. The van der Waals surface area contributed by atoms with E-state index in [2.05, 4.69) is 32.4 Å². The van der Waals surface area contributed by atoms with E-state index in [1.165, 1.54) is 10.9 Å². The van der Waals surface area contributed by atoms with E-state index in [-0.39, 0.29) is 17.9 Å². The van der Waals surface area contributed by atoms with Crippen molar-refractivity contribution < 1.29 is 14.3 Å². The number of hydrogen-bond donors (Lipinski definition) is 3. The summed E-state index contributed by atoms with van der Waals surface area (Å²) in [4.78, 5) is 37.2. The molecule has 0 saturated carbocycles. The smallest absolute Gasteiger partial charge is 0.234 e. The van der Waals surface area contributed by atoms with Crippen molar-refractivity contribution >= 4 is 45.2 Å². The van der Waals surface area contributed by atoms with Gasteiger partial charge in [0.15, 0.2) is 0 Å². The number of carbonyl (C=O) groups excluding carboxylic acids is 2. The molecule has 1 fully saturated rings. The van der Waals surface area contributed by atoms with Gasteiger partial charge in [0.1, 0.15) is 5.75 Å². The molecule has 1 aliphatic rings. The maximum absolute atomic E-state index is 13.5. The summed E-state index contributed by atoms with van der Waals surface area (Å²) in [5, 5.41) is 6.34. The zero-order chi connectivity index (χ0) is 31.3. The van der Waals surface area contributed by atoms with Crippen LogP contribution < -0.4 is 10.1 Å². The molecule has 0 bridgehead atoms. The first kappa shape index (κ1) is 30.7. The van der Waals surface area contributed by atoms with Crippen molar-refractivity contribution in [3.8, 4) is 5.75 Å². The molecule has 3 heterocycles. The number of fused-ring (bicyclic) bond motifs is 2. The molecule has 9 heteroatoms. The summed E-state index contributed by atoms with van der Waals surface area (Å²) < 4.78 is 5.55. The van der Waals surface area contributed by atoms with Crippen molar-refractivity contribution in [2.75, 3.05) is 33.3 Å². The number of amides is 2. The molecule has 8 nitrogen and oxygen atoms in total. The Morgan fingerprint density at radius 3 is 2.51 bits per heavy atom. The predicted octanol–water partition coefficient (Wildman–Crippen LogP) is 6.27. The SMILES string of the molecule is COc1ccccc1CN(C[C@@H](Cc1c[nH]c2ccccc12)NC(=O)CN1CCC(c2c[nH]c3ccc(Cl)cc23)CC1)C(C)=O. The van der Waals surface area contributed by atoms with Crippen molar-refractivity contribution in [2.24, 2.45) is 0 Å². The maximum atomic E-state index is 13.5. The molecule has 0 unspecified atom stereocenters. The molecule has 0 spiro atoms. The number of nitrogens with one attached hydrogen (secondary N) is 3. The van der Waals surface area contributed by atoms with Gasteiger partial charge in [-0.3, -0.25) is 14.5 Å². The summed E-state index contributed by atoms with van der Waals surface area (Å²) in [6.07, 6.45) is 6.65. The lowest BCUT2D eigenvalue weighted by Gasteiger charge is -2.32. The summed E-state index contributed by atoms with van der Waals surface area (Å²) >= 11 is 6.29. The zero-order valence-electron chi connectivity index (χ0n) is 25.8. The Hall–Kier alpha value is -4.27. The van der Waals surface area contributed by atoms with Crippen molar-refractivity contribution in [1.29, 1.82) is 0 Å². The minimum absolute atomic E-state index is 0.0297. The maximum Gasteiger partial charge on any atom is 0.234 e. The van der Waals surface area contributed by atoms with Gasteiger partial charge in [0.05, 0.1) is 19.7 Å². The van der Waals surface area contributed by atoms with E-state index in [1.54, 1.807) is 18.9 Å². The van der Waals surface area contributed by atoms with Crippen LogP contribution >= 0.6 is 11.6 Å². The second-order valence-corrected chi connectivity index (χ2v) is 12.5. The third-order valence-electron chi connectivity index (χ3n) is 9.02. The van der Waals surface area contributed by atoms with Crippen LogP contribution in [0.4, 0.5) is 0 Å². The summed E-state index contributed by atoms with van der Waals surface area (Å²) in [6, 6.07) is 21.6. The molecular formula is C36H40ClN5O3. The fraction of sp³-hybridized carbons (Fsp3) is 0.333. The molecule has 6 rings (SSSR count). The number of likely N-dealkylation sites (tertiary alicyclic amines) is 1. The summed E-state index contributed by atoms with van der Waals surface area (Å²) in [7, 11) is 1.63.